The van der Waals surface area contributed by atoms with Crippen LogP contribution in [0, 0.1) is 0 Å². The van der Waals surface area contributed by atoms with Crippen molar-refractivity contribution in [2.24, 2.45) is 0 Å². The summed E-state index contributed by atoms with van der Waals surface area (Å²) < 4.78 is 24.7. The fraction of sp³-hybridized carbons (Fsp3) is 0.389. The Balaban J connectivity index is 1.18. The largest absolute Gasteiger partial charge is 0.494 e. The van der Waals surface area contributed by atoms with Crippen molar-refractivity contribution in [1.82, 2.24) is 5.32 Å². The third kappa shape index (κ3) is 8.87. The van der Waals surface area contributed by atoms with E-state index in [0.717, 1.165) is 43.7 Å². The van der Waals surface area contributed by atoms with Crippen LogP contribution in [0.1, 0.15) is 41.9 Å². The smallest absolute Gasteiger partial charge is 0.119 e. The Morgan fingerprint density at radius 2 is 1.40 bits per heavy atom. The lowest BCUT2D eigenvalue weighted by atomic mass is 9.85. The Morgan fingerprint density at radius 1 is 0.643 bits per heavy atom. The molecule has 0 spiro atoms. The summed E-state index contributed by atoms with van der Waals surface area (Å²) in [5.74, 6) is 0.936. The van der Waals surface area contributed by atoms with Crippen molar-refractivity contribution in [3.63, 3.8) is 0 Å². The number of rotatable bonds is 16. The van der Waals surface area contributed by atoms with Crippen LogP contribution < -0.4 is 10.1 Å². The number of nitrogens with one attached hydrogen (secondary N) is 1. The molecule has 1 aliphatic heterocycles. The van der Waals surface area contributed by atoms with Gasteiger partial charge in [-0.1, -0.05) is 78.9 Å². The molecule has 0 saturated carbocycles. The first-order valence-electron chi connectivity index (χ1n) is 15.2. The van der Waals surface area contributed by atoms with Crippen LogP contribution in [-0.2, 0) is 27.4 Å². The van der Waals surface area contributed by atoms with Crippen molar-refractivity contribution in [1.29, 1.82) is 0 Å². The number of fused-ring (bicyclic) bond motifs is 1. The Hall–Kier alpha value is -3.26. The van der Waals surface area contributed by atoms with Gasteiger partial charge in [0.15, 0.2) is 0 Å². The van der Waals surface area contributed by atoms with E-state index >= 15 is 0 Å². The molecule has 0 radical (unpaired) electrons. The molecule has 4 aromatic rings. The van der Waals surface area contributed by atoms with Crippen molar-refractivity contribution in [2.75, 3.05) is 39.5 Å². The van der Waals surface area contributed by atoms with Gasteiger partial charge in [-0.3, -0.25) is 0 Å². The third-order valence-corrected chi connectivity index (χ3v) is 7.73. The monoisotopic (exact) mass is 569 g/mol. The van der Waals surface area contributed by atoms with Gasteiger partial charge < -0.3 is 29.4 Å². The number of unbranched alkanes of at least 4 members (excludes halogenated alkanes) is 1. The molecule has 2 N–H and O–H groups in total. The Bertz CT molecular complexity index is 1330. The number of piperidine rings is 1. The van der Waals surface area contributed by atoms with Gasteiger partial charge in [-0.15, -0.1) is 0 Å². The van der Waals surface area contributed by atoms with Gasteiger partial charge in [0.1, 0.15) is 5.75 Å². The molecule has 222 valence electrons. The highest BCUT2D eigenvalue weighted by atomic mass is 16.5. The van der Waals surface area contributed by atoms with E-state index in [4.69, 9.17) is 18.9 Å². The SMILES string of the molecule is OCCCCOC1CNCC(OCc2ccc3ccccc3c2)C1c1ccc(OCCCOCc2ccccc2)cc1. The van der Waals surface area contributed by atoms with Gasteiger partial charge in [-0.25, -0.2) is 0 Å². The average Bonchev–Trinajstić information content (AvgIpc) is 3.04. The molecule has 6 heteroatoms. The predicted molar refractivity (Wildman–Crippen MR) is 167 cm³/mol. The van der Waals surface area contributed by atoms with Crippen LogP contribution in [0.15, 0.2) is 97.1 Å². The number of hydrogen-bond donors (Lipinski definition) is 2. The summed E-state index contributed by atoms with van der Waals surface area (Å²) in [6.45, 7) is 4.76. The van der Waals surface area contributed by atoms with E-state index in [0.29, 0.717) is 33.0 Å². The fourth-order valence-corrected chi connectivity index (χ4v) is 5.50. The highest BCUT2D eigenvalue weighted by molar-refractivity contribution is 5.82. The lowest BCUT2D eigenvalue weighted by Crippen LogP contribution is -2.50. The molecule has 0 amide bonds. The maximum Gasteiger partial charge on any atom is 0.119 e. The molecular weight excluding hydrogens is 526 g/mol. The Morgan fingerprint density at radius 3 is 2.21 bits per heavy atom. The number of ether oxygens (including phenoxy) is 4. The average molecular weight is 570 g/mol. The van der Waals surface area contributed by atoms with E-state index in [2.05, 4.69) is 72.0 Å². The minimum absolute atomic E-state index is 0.0208. The molecular formula is C36H43NO5. The van der Waals surface area contributed by atoms with Gasteiger partial charge >= 0.3 is 0 Å². The van der Waals surface area contributed by atoms with Crippen LogP contribution in [0.25, 0.3) is 10.8 Å². The lowest BCUT2D eigenvalue weighted by molar-refractivity contribution is -0.0607. The molecule has 1 saturated heterocycles. The van der Waals surface area contributed by atoms with Crippen LogP contribution in [0.2, 0.25) is 0 Å². The summed E-state index contributed by atoms with van der Waals surface area (Å²) in [6, 6.07) is 33.5. The van der Waals surface area contributed by atoms with Crippen LogP contribution in [0.4, 0.5) is 0 Å². The molecule has 3 atom stereocenters. The molecule has 0 aromatic heterocycles. The zero-order valence-electron chi connectivity index (χ0n) is 24.3. The molecule has 5 rings (SSSR count). The van der Waals surface area contributed by atoms with Gasteiger partial charge in [0.25, 0.3) is 0 Å². The van der Waals surface area contributed by atoms with Gasteiger partial charge in [-0.2, -0.15) is 0 Å². The van der Waals surface area contributed by atoms with E-state index in [1.54, 1.807) is 0 Å². The van der Waals surface area contributed by atoms with Crippen molar-refractivity contribution >= 4 is 10.8 Å². The van der Waals surface area contributed by atoms with Gasteiger partial charge in [0.2, 0.25) is 0 Å². The molecule has 1 aliphatic rings. The lowest BCUT2D eigenvalue weighted by Gasteiger charge is -2.39. The topological polar surface area (TPSA) is 69.2 Å². The molecule has 0 bridgehead atoms. The minimum Gasteiger partial charge on any atom is -0.494 e. The summed E-state index contributed by atoms with van der Waals surface area (Å²) in [5, 5.41) is 15.2. The van der Waals surface area contributed by atoms with Gasteiger partial charge in [0.05, 0.1) is 38.6 Å². The highest BCUT2D eigenvalue weighted by Gasteiger charge is 2.36. The second-order valence-corrected chi connectivity index (χ2v) is 10.9. The standard InChI is InChI=1S/C36H43NO5/c38-19-6-7-21-41-34-24-37-25-35(42-27-29-13-14-30-11-4-5-12-32(30)23-29)36(34)31-15-17-33(18-16-31)40-22-8-20-39-26-28-9-2-1-3-10-28/h1-5,9-18,23,34-38H,6-8,19-22,24-27H2. The molecule has 4 aromatic carbocycles. The zero-order valence-corrected chi connectivity index (χ0v) is 24.3. The summed E-state index contributed by atoms with van der Waals surface area (Å²) in [5.41, 5.74) is 3.53. The number of benzene rings is 4. The molecule has 1 fully saturated rings. The third-order valence-electron chi connectivity index (χ3n) is 7.73. The molecule has 6 nitrogen and oxygen atoms in total. The first-order chi connectivity index (χ1) is 20.8. The normalized spacial score (nSPS) is 18.7. The first-order valence-corrected chi connectivity index (χ1v) is 15.2. The molecule has 3 unspecified atom stereocenters. The van der Waals surface area contributed by atoms with Crippen molar-refractivity contribution in [3.8, 4) is 5.75 Å². The molecule has 42 heavy (non-hydrogen) atoms. The summed E-state index contributed by atoms with van der Waals surface area (Å²) >= 11 is 0. The summed E-state index contributed by atoms with van der Waals surface area (Å²) in [6.07, 6.45) is 2.35. The van der Waals surface area contributed by atoms with E-state index in [-0.39, 0.29) is 24.7 Å². The predicted octanol–water partition coefficient (Wildman–Crippen LogP) is 6.26. The van der Waals surface area contributed by atoms with Crippen LogP contribution in [0.5, 0.6) is 5.75 Å². The number of aliphatic hydroxyl groups is 1. The zero-order chi connectivity index (χ0) is 28.8. The summed E-state index contributed by atoms with van der Waals surface area (Å²) in [7, 11) is 0. The number of hydrogen-bond acceptors (Lipinski definition) is 6. The van der Waals surface area contributed by atoms with Crippen LogP contribution >= 0.6 is 0 Å². The first kappa shape index (κ1) is 30.2. The maximum absolute atomic E-state index is 9.19. The second-order valence-electron chi connectivity index (χ2n) is 10.9. The fourth-order valence-electron chi connectivity index (χ4n) is 5.50. The van der Waals surface area contributed by atoms with E-state index in [9.17, 15) is 5.11 Å². The number of aliphatic hydroxyl groups excluding tert-OH is 1. The molecule has 1 heterocycles. The Labute approximate surface area is 249 Å². The van der Waals surface area contributed by atoms with E-state index < -0.39 is 0 Å². The maximum atomic E-state index is 9.19. The van der Waals surface area contributed by atoms with Crippen LogP contribution in [-0.4, -0.2) is 56.8 Å². The molecule has 0 aliphatic carbocycles. The van der Waals surface area contributed by atoms with Crippen molar-refractivity contribution in [2.45, 2.75) is 50.6 Å². The highest BCUT2D eigenvalue weighted by Crippen LogP contribution is 2.32. The quantitative estimate of drug-likeness (QED) is 0.155. The van der Waals surface area contributed by atoms with Gasteiger partial charge in [0, 0.05) is 38.6 Å². The summed E-state index contributed by atoms with van der Waals surface area (Å²) in [4.78, 5) is 0. The Kier molecular flexibility index (Phi) is 11.8. The minimum atomic E-state index is -0.0402. The van der Waals surface area contributed by atoms with E-state index in [1.807, 2.05) is 30.3 Å². The van der Waals surface area contributed by atoms with Crippen molar-refractivity contribution < 1.29 is 24.1 Å². The van der Waals surface area contributed by atoms with Crippen LogP contribution in [0.3, 0.4) is 0 Å². The second kappa shape index (κ2) is 16.4. The van der Waals surface area contributed by atoms with Crippen molar-refractivity contribution in [3.05, 3.63) is 114 Å². The van der Waals surface area contributed by atoms with Gasteiger partial charge in [-0.05, 0) is 58.5 Å². The van der Waals surface area contributed by atoms with E-state index in [1.165, 1.54) is 21.9 Å².